The monoisotopic (exact) mass is 416 g/mol. The molecule has 4 heteroatoms. The molecule has 0 nitrogen and oxygen atoms in total. The number of hydrogen-bond donors (Lipinski definition) is 0. The third-order valence-electron chi connectivity index (χ3n) is 3.71. The summed E-state index contributed by atoms with van der Waals surface area (Å²) in [6, 6.07) is 11.8. The van der Waals surface area contributed by atoms with Gasteiger partial charge in [-0.25, -0.2) is 8.78 Å². The van der Waals surface area contributed by atoms with Crippen molar-refractivity contribution in [3.05, 3.63) is 70.8 Å². The van der Waals surface area contributed by atoms with Gasteiger partial charge >= 0.3 is 0 Å². The van der Waals surface area contributed by atoms with Gasteiger partial charge in [0.1, 0.15) is 11.6 Å². The lowest BCUT2D eigenvalue weighted by atomic mass is 9.78. The molecule has 0 aliphatic carbocycles. The third-order valence-corrected chi connectivity index (χ3v) is 5.86. The van der Waals surface area contributed by atoms with Gasteiger partial charge in [0.05, 0.1) is 0 Å². The third kappa shape index (κ3) is 3.72. The van der Waals surface area contributed by atoms with Crippen molar-refractivity contribution >= 4 is 31.9 Å². The van der Waals surface area contributed by atoms with E-state index in [1.165, 1.54) is 17.7 Å². The molecule has 0 heterocycles. The van der Waals surface area contributed by atoms with E-state index in [1.54, 1.807) is 0 Å². The molecule has 0 aliphatic heterocycles. The second-order valence-corrected chi connectivity index (χ2v) is 6.45. The maximum Gasteiger partial charge on any atom is 0.126 e. The van der Waals surface area contributed by atoms with Crippen molar-refractivity contribution in [2.75, 3.05) is 10.7 Å². The fraction of sp³-hybridized carbons (Fsp3) is 0.294. The Hall–Kier alpha value is -0.740. The van der Waals surface area contributed by atoms with Crippen LogP contribution in [-0.2, 0) is 11.8 Å². The first kappa shape index (κ1) is 16.6. The summed E-state index contributed by atoms with van der Waals surface area (Å²) < 4.78 is 27.4. The summed E-state index contributed by atoms with van der Waals surface area (Å²) in [4.78, 5) is 0. The minimum absolute atomic E-state index is 0.317. The van der Waals surface area contributed by atoms with E-state index in [2.05, 4.69) is 44.0 Å². The van der Waals surface area contributed by atoms with Gasteiger partial charge in [-0.3, -0.25) is 0 Å². The number of hydrogen-bond acceptors (Lipinski definition) is 0. The SMILES string of the molecule is Cc1ccc(C(CBr)(CBr)Cc2cc(F)ccc2F)cc1. The van der Waals surface area contributed by atoms with Crippen LogP contribution in [0, 0.1) is 18.6 Å². The van der Waals surface area contributed by atoms with Gasteiger partial charge in [0.15, 0.2) is 0 Å². The summed E-state index contributed by atoms with van der Waals surface area (Å²) in [5.41, 5.74) is 2.36. The molecule has 0 unspecified atom stereocenters. The minimum Gasteiger partial charge on any atom is -0.207 e. The topological polar surface area (TPSA) is 0 Å². The maximum absolute atomic E-state index is 14.0. The molecule has 2 aromatic rings. The first-order valence-corrected chi connectivity index (χ1v) is 8.88. The first-order chi connectivity index (χ1) is 10.0. The summed E-state index contributed by atoms with van der Waals surface area (Å²) in [6.45, 7) is 2.03. The molecule has 2 aromatic carbocycles. The van der Waals surface area contributed by atoms with Crippen molar-refractivity contribution in [1.82, 2.24) is 0 Å². The van der Waals surface area contributed by atoms with Gasteiger partial charge in [0.2, 0.25) is 0 Å². The van der Waals surface area contributed by atoms with E-state index in [1.807, 2.05) is 19.1 Å². The molecule has 0 spiro atoms. The number of benzene rings is 2. The van der Waals surface area contributed by atoms with Crippen LogP contribution in [0.2, 0.25) is 0 Å². The van der Waals surface area contributed by atoms with E-state index in [9.17, 15) is 8.78 Å². The Morgan fingerprint density at radius 1 is 0.952 bits per heavy atom. The molecule has 0 bridgehead atoms. The molecule has 0 amide bonds. The second kappa shape index (κ2) is 7.01. The quantitative estimate of drug-likeness (QED) is 0.560. The highest BCUT2D eigenvalue weighted by Gasteiger charge is 2.31. The molecular formula is C17H16Br2F2. The van der Waals surface area contributed by atoms with Crippen molar-refractivity contribution in [3.8, 4) is 0 Å². The number of rotatable bonds is 5. The minimum atomic E-state index is -0.409. The molecule has 0 fully saturated rings. The Morgan fingerprint density at radius 3 is 2.14 bits per heavy atom. The molecule has 0 N–H and O–H groups in total. The molecule has 0 aromatic heterocycles. The van der Waals surface area contributed by atoms with E-state index in [-0.39, 0.29) is 11.2 Å². The van der Waals surface area contributed by atoms with E-state index < -0.39 is 5.82 Å². The van der Waals surface area contributed by atoms with E-state index >= 15 is 0 Å². The number of alkyl halides is 2. The molecule has 2 rings (SSSR count). The zero-order valence-electron chi connectivity index (χ0n) is 11.7. The van der Waals surface area contributed by atoms with Crippen LogP contribution in [0.1, 0.15) is 16.7 Å². The lowest BCUT2D eigenvalue weighted by Gasteiger charge is -2.31. The van der Waals surface area contributed by atoms with Crippen LogP contribution in [0.4, 0.5) is 8.78 Å². The molecule has 112 valence electrons. The van der Waals surface area contributed by atoms with Crippen LogP contribution >= 0.6 is 31.9 Å². The highest BCUT2D eigenvalue weighted by atomic mass is 79.9. The Morgan fingerprint density at radius 2 is 1.57 bits per heavy atom. The van der Waals surface area contributed by atoms with Gasteiger partial charge in [-0.15, -0.1) is 0 Å². The Bertz CT molecular complexity index is 605. The van der Waals surface area contributed by atoms with Crippen molar-refractivity contribution < 1.29 is 8.78 Å². The van der Waals surface area contributed by atoms with Crippen LogP contribution in [-0.4, -0.2) is 10.7 Å². The molecule has 21 heavy (non-hydrogen) atoms. The van der Waals surface area contributed by atoms with Gasteiger partial charge < -0.3 is 0 Å². The predicted molar refractivity (Wildman–Crippen MR) is 90.5 cm³/mol. The lowest BCUT2D eigenvalue weighted by Crippen LogP contribution is -2.33. The zero-order chi connectivity index (χ0) is 15.5. The number of halogens is 4. The normalized spacial score (nSPS) is 11.7. The van der Waals surface area contributed by atoms with Crippen molar-refractivity contribution in [1.29, 1.82) is 0 Å². The summed E-state index contributed by atoms with van der Waals surface area (Å²) >= 11 is 7.09. The van der Waals surface area contributed by atoms with Crippen molar-refractivity contribution in [3.63, 3.8) is 0 Å². The fourth-order valence-corrected chi connectivity index (χ4v) is 4.31. The standard InChI is InChI=1S/C17H16Br2F2/c1-12-2-4-14(5-3-12)17(10-18,11-19)9-13-8-15(20)6-7-16(13)21/h2-8H,9-11H2,1H3. The number of aryl methyl sites for hydroxylation is 1. The summed E-state index contributed by atoms with van der Waals surface area (Å²) in [5, 5.41) is 1.31. The van der Waals surface area contributed by atoms with Crippen LogP contribution in [0.5, 0.6) is 0 Å². The van der Waals surface area contributed by atoms with Gasteiger partial charge in [0.25, 0.3) is 0 Å². The van der Waals surface area contributed by atoms with Crippen LogP contribution < -0.4 is 0 Å². The fourth-order valence-electron chi connectivity index (χ4n) is 2.34. The zero-order valence-corrected chi connectivity index (χ0v) is 14.8. The smallest absolute Gasteiger partial charge is 0.126 e. The molecule has 0 aliphatic rings. The Labute approximate surface area is 140 Å². The van der Waals surface area contributed by atoms with Crippen LogP contribution in [0.25, 0.3) is 0 Å². The highest BCUT2D eigenvalue weighted by molar-refractivity contribution is 9.09. The molecule has 0 radical (unpaired) electrons. The van der Waals surface area contributed by atoms with Crippen molar-refractivity contribution in [2.24, 2.45) is 0 Å². The van der Waals surface area contributed by atoms with E-state index in [0.717, 1.165) is 11.6 Å². The van der Waals surface area contributed by atoms with E-state index in [0.29, 0.717) is 22.6 Å². The Balaban J connectivity index is 2.42. The van der Waals surface area contributed by atoms with E-state index in [4.69, 9.17) is 0 Å². The van der Waals surface area contributed by atoms with Gasteiger partial charge in [-0.2, -0.15) is 0 Å². The maximum atomic E-state index is 14.0. The molecule has 0 saturated carbocycles. The largest absolute Gasteiger partial charge is 0.207 e. The molecule has 0 saturated heterocycles. The average Bonchev–Trinajstić information content (AvgIpc) is 2.49. The van der Waals surface area contributed by atoms with Crippen molar-refractivity contribution in [2.45, 2.75) is 18.8 Å². The highest BCUT2D eigenvalue weighted by Crippen LogP contribution is 2.34. The molecular weight excluding hydrogens is 402 g/mol. The second-order valence-electron chi connectivity index (χ2n) is 5.33. The van der Waals surface area contributed by atoms with Gasteiger partial charge in [-0.1, -0.05) is 61.7 Å². The summed E-state index contributed by atoms with van der Waals surface area (Å²) in [5.74, 6) is -0.775. The summed E-state index contributed by atoms with van der Waals surface area (Å²) in [7, 11) is 0. The molecule has 0 atom stereocenters. The van der Waals surface area contributed by atoms with Crippen LogP contribution in [0.3, 0.4) is 0 Å². The van der Waals surface area contributed by atoms with Gasteiger partial charge in [-0.05, 0) is 42.7 Å². The first-order valence-electron chi connectivity index (χ1n) is 6.64. The summed E-state index contributed by atoms with van der Waals surface area (Å²) in [6.07, 6.45) is 0.427. The van der Waals surface area contributed by atoms with Gasteiger partial charge in [0, 0.05) is 16.1 Å². The average molecular weight is 418 g/mol. The lowest BCUT2D eigenvalue weighted by molar-refractivity contribution is 0.516. The van der Waals surface area contributed by atoms with Crippen LogP contribution in [0.15, 0.2) is 42.5 Å². The predicted octanol–water partition coefficient (Wildman–Crippen LogP) is 5.54. The Kier molecular flexibility index (Phi) is 5.55.